The fraction of sp³-hybridized carbons (Fsp3) is 0.0833. The van der Waals surface area contributed by atoms with E-state index in [0.717, 1.165) is 6.21 Å². The Morgan fingerprint density at radius 2 is 2.12 bits per heavy atom. The van der Waals surface area contributed by atoms with Gasteiger partial charge < -0.3 is 10.3 Å². The summed E-state index contributed by atoms with van der Waals surface area (Å²) in [4.78, 5) is 15.5. The SMILES string of the molecule is Cc1c(C=NO)nc2ccccc2c1C(=O)O. The van der Waals surface area contributed by atoms with Gasteiger partial charge in [-0.25, -0.2) is 9.78 Å². The second-order valence-electron chi connectivity index (χ2n) is 3.56. The number of carboxylic acids is 1. The van der Waals surface area contributed by atoms with Crippen LogP contribution in [0.15, 0.2) is 29.4 Å². The Labute approximate surface area is 97.0 Å². The number of nitrogens with zero attached hydrogens (tertiary/aromatic N) is 2. The highest BCUT2D eigenvalue weighted by atomic mass is 16.4. The molecule has 1 aromatic heterocycles. The summed E-state index contributed by atoms with van der Waals surface area (Å²) in [5, 5.41) is 21.2. The maximum absolute atomic E-state index is 11.3. The third-order valence-corrected chi connectivity index (χ3v) is 2.57. The third kappa shape index (κ3) is 1.82. The number of para-hydroxylation sites is 1. The van der Waals surface area contributed by atoms with Gasteiger partial charge in [-0.1, -0.05) is 23.4 Å². The molecule has 0 bridgehead atoms. The van der Waals surface area contributed by atoms with Gasteiger partial charge in [0.25, 0.3) is 0 Å². The van der Waals surface area contributed by atoms with Crippen molar-refractivity contribution in [3.63, 3.8) is 0 Å². The molecule has 0 saturated heterocycles. The summed E-state index contributed by atoms with van der Waals surface area (Å²) in [6, 6.07) is 6.96. The maximum atomic E-state index is 11.3. The topological polar surface area (TPSA) is 82.8 Å². The van der Waals surface area contributed by atoms with Crippen molar-refractivity contribution in [1.82, 2.24) is 4.98 Å². The first-order chi connectivity index (χ1) is 8.15. The van der Waals surface area contributed by atoms with Crippen molar-refractivity contribution in [2.24, 2.45) is 5.16 Å². The number of pyridine rings is 1. The van der Waals surface area contributed by atoms with E-state index >= 15 is 0 Å². The van der Waals surface area contributed by atoms with Gasteiger partial charge in [0.1, 0.15) is 0 Å². The minimum Gasteiger partial charge on any atom is -0.478 e. The van der Waals surface area contributed by atoms with Crippen molar-refractivity contribution in [3.8, 4) is 0 Å². The van der Waals surface area contributed by atoms with Crippen LogP contribution in [-0.2, 0) is 0 Å². The van der Waals surface area contributed by atoms with E-state index in [-0.39, 0.29) is 5.56 Å². The van der Waals surface area contributed by atoms with Crippen LogP contribution in [0.4, 0.5) is 0 Å². The predicted molar refractivity (Wildman–Crippen MR) is 62.8 cm³/mol. The molecule has 0 aliphatic carbocycles. The van der Waals surface area contributed by atoms with Gasteiger partial charge in [-0.05, 0) is 18.6 Å². The van der Waals surface area contributed by atoms with Gasteiger partial charge in [-0.15, -0.1) is 0 Å². The smallest absolute Gasteiger partial charge is 0.336 e. The molecule has 0 atom stereocenters. The summed E-state index contributed by atoms with van der Waals surface area (Å²) in [5.41, 5.74) is 1.58. The number of fused-ring (bicyclic) bond motifs is 1. The molecule has 0 radical (unpaired) electrons. The molecule has 17 heavy (non-hydrogen) atoms. The van der Waals surface area contributed by atoms with Crippen LogP contribution in [0.25, 0.3) is 10.9 Å². The molecular formula is C12H10N2O3. The molecule has 1 heterocycles. The normalized spacial score (nSPS) is 11.1. The van der Waals surface area contributed by atoms with Crippen molar-refractivity contribution >= 4 is 23.1 Å². The Morgan fingerprint density at radius 1 is 1.41 bits per heavy atom. The van der Waals surface area contributed by atoms with Gasteiger partial charge in [0.15, 0.2) is 0 Å². The Morgan fingerprint density at radius 3 is 2.76 bits per heavy atom. The zero-order valence-corrected chi connectivity index (χ0v) is 9.08. The minimum atomic E-state index is -1.02. The van der Waals surface area contributed by atoms with Gasteiger partial charge in [0, 0.05) is 5.39 Å². The van der Waals surface area contributed by atoms with Crippen LogP contribution in [0.2, 0.25) is 0 Å². The van der Waals surface area contributed by atoms with E-state index in [2.05, 4.69) is 10.1 Å². The average Bonchev–Trinajstić information content (AvgIpc) is 2.30. The largest absolute Gasteiger partial charge is 0.478 e. The lowest BCUT2D eigenvalue weighted by molar-refractivity contribution is 0.0698. The number of oxime groups is 1. The molecule has 86 valence electrons. The molecule has 0 amide bonds. The molecule has 0 fully saturated rings. The lowest BCUT2D eigenvalue weighted by Gasteiger charge is -2.08. The number of carbonyl (C=O) groups is 1. The number of aromatic carboxylic acids is 1. The van der Waals surface area contributed by atoms with E-state index < -0.39 is 5.97 Å². The highest BCUT2D eigenvalue weighted by Gasteiger charge is 2.15. The van der Waals surface area contributed by atoms with E-state index in [4.69, 9.17) is 5.21 Å². The van der Waals surface area contributed by atoms with Crippen LogP contribution in [0.5, 0.6) is 0 Å². The molecule has 0 saturated carbocycles. The lowest BCUT2D eigenvalue weighted by atomic mass is 10.0. The van der Waals surface area contributed by atoms with Crippen LogP contribution in [-0.4, -0.2) is 27.5 Å². The number of carboxylic acid groups (broad SMARTS) is 1. The quantitative estimate of drug-likeness (QED) is 0.470. The molecule has 0 spiro atoms. The van der Waals surface area contributed by atoms with Gasteiger partial charge in [0.2, 0.25) is 0 Å². The van der Waals surface area contributed by atoms with Crippen LogP contribution in [0.3, 0.4) is 0 Å². The fourth-order valence-corrected chi connectivity index (χ4v) is 1.78. The zero-order chi connectivity index (χ0) is 12.4. The highest BCUT2D eigenvalue weighted by molar-refractivity contribution is 6.05. The molecular weight excluding hydrogens is 220 g/mol. The van der Waals surface area contributed by atoms with Crippen LogP contribution >= 0.6 is 0 Å². The molecule has 0 aliphatic heterocycles. The predicted octanol–water partition coefficient (Wildman–Crippen LogP) is 2.05. The average molecular weight is 230 g/mol. The van der Waals surface area contributed by atoms with E-state index in [9.17, 15) is 9.90 Å². The molecule has 2 aromatic rings. The molecule has 2 rings (SSSR count). The molecule has 0 unspecified atom stereocenters. The van der Waals surface area contributed by atoms with Gasteiger partial charge in [-0.2, -0.15) is 0 Å². The summed E-state index contributed by atoms with van der Waals surface area (Å²) < 4.78 is 0. The highest BCUT2D eigenvalue weighted by Crippen LogP contribution is 2.22. The summed E-state index contributed by atoms with van der Waals surface area (Å²) in [5.74, 6) is -1.02. The van der Waals surface area contributed by atoms with Gasteiger partial charge in [-0.3, -0.25) is 0 Å². The van der Waals surface area contributed by atoms with Crippen LogP contribution in [0.1, 0.15) is 21.6 Å². The van der Waals surface area contributed by atoms with E-state index in [1.54, 1.807) is 31.2 Å². The Balaban J connectivity index is 2.90. The third-order valence-electron chi connectivity index (χ3n) is 2.57. The van der Waals surface area contributed by atoms with Gasteiger partial charge >= 0.3 is 5.97 Å². The first-order valence-electron chi connectivity index (χ1n) is 4.95. The number of benzene rings is 1. The second-order valence-corrected chi connectivity index (χ2v) is 3.56. The van der Waals surface area contributed by atoms with E-state index in [0.29, 0.717) is 22.2 Å². The van der Waals surface area contributed by atoms with Crippen molar-refractivity contribution in [2.45, 2.75) is 6.92 Å². The molecule has 5 heteroatoms. The Bertz CT molecular complexity index is 620. The standard InChI is InChI=1S/C12H10N2O3/c1-7-10(6-13-17)14-9-5-3-2-4-8(9)11(7)12(15)16/h2-6,17H,1H3,(H,15,16). The van der Waals surface area contributed by atoms with E-state index in [1.807, 2.05) is 0 Å². The van der Waals surface area contributed by atoms with Crippen molar-refractivity contribution in [2.75, 3.05) is 0 Å². The zero-order valence-electron chi connectivity index (χ0n) is 9.08. The fourth-order valence-electron chi connectivity index (χ4n) is 1.78. The minimum absolute atomic E-state index is 0.186. The molecule has 5 nitrogen and oxygen atoms in total. The molecule has 2 N–H and O–H groups in total. The molecule has 1 aromatic carbocycles. The number of rotatable bonds is 2. The van der Waals surface area contributed by atoms with Gasteiger partial charge in [0.05, 0.1) is 23.0 Å². The van der Waals surface area contributed by atoms with Crippen molar-refractivity contribution in [3.05, 3.63) is 41.1 Å². The van der Waals surface area contributed by atoms with Crippen molar-refractivity contribution < 1.29 is 15.1 Å². The monoisotopic (exact) mass is 230 g/mol. The Hall–Kier alpha value is -2.43. The number of hydrogen-bond acceptors (Lipinski definition) is 4. The van der Waals surface area contributed by atoms with E-state index in [1.165, 1.54) is 0 Å². The van der Waals surface area contributed by atoms with Crippen LogP contribution in [0, 0.1) is 6.92 Å². The van der Waals surface area contributed by atoms with Crippen LogP contribution < -0.4 is 0 Å². The first kappa shape index (κ1) is 11.1. The van der Waals surface area contributed by atoms with Crippen molar-refractivity contribution in [1.29, 1.82) is 0 Å². The Kier molecular flexibility index (Phi) is 2.74. The maximum Gasteiger partial charge on any atom is 0.336 e. The summed E-state index contributed by atoms with van der Waals surface area (Å²) in [6.45, 7) is 1.64. The lowest BCUT2D eigenvalue weighted by Crippen LogP contribution is -2.06. The number of aromatic nitrogens is 1. The molecule has 0 aliphatic rings. The summed E-state index contributed by atoms with van der Waals surface area (Å²) in [6.07, 6.45) is 1.13. The summed E-state index contributed by atoms with van der Waals surface area (Å²) >= 11 is 0. The number of hydrogen-bond donors (Lipinski definition) is 2. The summed E-state index contributed by atoms with van der Waals surface area (Å²) in [7, 11) is 0. The first-order valence-corrected chi connectivity index (χ1v) is 4.95. The second kappa shape index (κ2) is 4.21.